The van der Waals surface area contributed by atoms with Crippen molar-refractivity contribution in [1.29, 1.82) is 0 Å². The van der Waals surface area contributed by atoms with Gasteiger partial charge in [-0.1, -0.05) is 41.9 Å². The van der Waals surface area contributed by atoms with E-state index in [1.54, 1.807) is 6.07 Å². The van der Waals surface area contributed by atoms with Gasteiger partial charge in [-0.2, -0.15) is 0 Å². The first-order valence-electron chi connectivity index (χ1n) is 7.50. The minimum Gasteiger partial charge on any atom is -0.385 e. The van der Waals surface area contributed by atoms with Crippen LogP contribution in [0.2, 0.25) is 5.02 Å². The summed E-state index contributed by atoms with van der Waals surface area (Å²) in [4.78, 5) is 19.0. The van der Waals surface area contributed by atoms with Crippen molar-refractivity contribution in [2.45, 2.75) is 0 Å². The number of nitrogen functional groups attached to an aromatic ring is 1. The van der Waals surface area contributed by atoms with Gasteiger partial charge in [0.05, 0.1) is 0 Å². The predicted molar refractivity (Wildman–Crippen MR) is 98.3 cm³/mol. The number of pyridine rings is 1. The Morgan fingerprint density at radius 2 is 1.96 bits per heavy atom. The molecular formula is C18H12ClN5O. The van der Waals surface area contributed by atoms with Crippen LogP contribution in [0.3, 0.4) is 0 Å². The van der Waals surface area contributed by atoms with Crippen LogP contribution >= 0.6 is 11.6 Å². The number of halogens is 1. The van der Waals surface area contributed by atoms with Crippen LogP contribution in [0.5, 0.6) is 0 Å². The lowest BCUT2D eigenvalue weighted by Gasteiger charge is -2.00. The van der Waals surface area contributed by atoms with Crippen LogP contribution in [-0.4, -0.2) is 15.9 Å². The maximum absolute atomic E-state index is 12.1. The fourth-order valence-electron chi connectivity index (χ4n) is 2.76. The summed E-state index contributed by atoms with van der Waals surface area (Å²) < 4.78 is 0. The summed E-state index contributed by atoms with van der Waals surface area (Å²) in [6, 6.07) is 14.8. The number of aromatic amines is 1. The van der Waals surface area contributed by atoms with Gasteiger partial charge in [0.15, 0.2) is 5.82 Å². The molecule has 2 heterocycles. The van der Waals surface area contributed by atoms with E-state index in [0.29, 0.717) is 16.7 Å². The van der Waals surface area contributed by atoms with Crippen molar-refractivity contribution in [2.24, 2.45) is 10.2 Å². The topological polar surface area (TPSA) is 96.5 Å². The van der Waals surface area contributed by atoms with Crippen LogP contribution in [0, 0.1) is 0 Å². The molecule has 2 aromatic heterocycles. The Morgan fingerprint density at radius 1 is 1.12 bits per heavy atom. The molecule has 0 fully saturated rings. The van der Waals surface area contributed by atoms with Gasteiger partial charge in [-0.3, -0.25) is 9.78 Å². The van der Waals surface area contributed by atoms with Gasteiger partial charge in [-0.25, -0.2) is 0 Å². The highest BCUT2D eigenvalue weighted by atomic mass is 35.5. The Labute approximate surface area is 147 Å². The number of nitrogens with zero attached hydrogens (tertiary/aromatic N) is 3. The van der Waals surface area contributed by atoms with E-state index in [-0.39, 0.29) is 5.69 Å². The summed E-state index contributed by atoms with van der Waals surface area (Å²) in [5.74, 6) is 0.326. The molecule has 4 aromatic rings. The third-order valence-electron chi connectivity index (χ3n) is 3.89. The number of H-pyrrole nitrogens is 1. The van der Waals surface area contributed by atoms with Crippen molar-refractivity contribution in [3.63, 3.8) is 0 Å². The van der Waals surface area contributed by atoms with Gasteiger partial charge in [0.2, 0.25) is 0 Å². The summed E-state index contributed by atoms with van der Waals surface area (Å²) in [5, 5.41) is 11.9. The Morgan fingerprint density at radius 3 is 2.80 bits per heavy atom. The molecule has 0 bridgehead atoms. The van der Waals surface area contributed by atoms with Crippen molar-refractivity contribution in [2.75, 3.05) is 5.73 Å². The second kappa shape index (κ2) is 5.99. The van der Waals surface area contributed by atoms with Crippen molar-refractivity contribution < 1.29 is 4.79 Å². The summed E-state index contributed by atoms with van der Waals surface area (Å²) in [7, 11) is 0. The first-order chi connectivity index (χ1) is 12.1. The smallest absolute Gasteiger partial charge is 0.314 e. The minimum absolute atomic E-state index is 0.130. The number of nitrogens with two attached hydrogens (primary N) is 1. The number of amides is 1. The summed E-state index contributed by atoms with van der Waals surface area (Å²) >= 11 is 5.86. The largest absolute Gasteiger partial charge is 0.385 e. The number of aromatic nitrogens is 2. The molecule has 0 aliphatic rings. The highest BCUT2D eigenvalue weighted by Gasteiger charge is 2.12. The molecule has 25 heavy (non-hydrogen) atoms. The second-order valence-corrected chi connectivity index (χ2v) is 5.90. The van der Waals surface area contributed by atoms with Crippen LogP contribution in [0.4, 0.5) is 11.6 Å². The van der Waals surface area contributed by atoms with E-state index in [2.05, 4.69) is 20.2 Å². The van der Waals surface area contributed by atoms with E-state index < -0.39 is 5.91 Å². The standard InChI is InChI=1S/C18H12ClN5O/c19-11-7-8-21-14(9-11)18(25)24-23-17-13-6-5-10-3-1-2-4-12(10)15(13)16(20)22-17/h1-9,22H,20H2. The molecule has 7 heteroatoms. The third kappa shape index (κ3) is 2.72. The lowest BCUT2D eigenvalue weighted by Crippen LogP contribution is -1.96. The third-order valence-corrected chi connectivity index (χ3v) is 4.12. The van der Waals surface area contributed by atoms with Crippen LogP contribution in [0.1, 0.15) is 10.5 Å². The van der Waals surface area contributed by atoms with E-state index in [1.807, 2.05) is 36.4 Å². The van der Waals surface area contributed by atoms with E-state index >= 15 is 0 Å². The van der Waals surface area contributed by atoms with Gasteiger partial charge in [0.1, 0.15) is 11.5 Å². The molecule has 0 spiro atoms. The van der Waals surface area contributed by atoms with Crippen molar-refractivity contribution in [3.8, 4) is 0 Å². The number of hydrogen-bond acceptors (Lipinski definition) is 4. The summed E-state index contributed by atoms with van der Waals surface area (Å²) in [6.07, 6.45) is 1.44. The number of carbonyl (C=O) groups is 1. The molecule has 0 saturated heterocycles. The maximum atomic E-state index is 12.1. The van der Waals surface area contributed by atoms with Crippen molar-refractivity contribution in [1.82, 2.24) is 9.97 Å². The SMILES string of the molecule is Nc1[nH]c(N=NC(=O)c2cc(Cl)ccn2)c2ccc3ccccc3c12. The number of hydrogen-bond donors (Lipinski definition) is 2. The molecule has 4 rings (SSSR count). The lowest BCUT2D eigenvalue weighted by molar-refractivity contribution is 0.0990. The number of azo groups is 1. The van der Waals surface area contributed by atoms with Crippen LogP contribution in [0.25, 0.3) is 21.5 Å². The fourth-order valence-corrected chi connectivity index (χ4v) is 2.92. The number of rotatable bonds is 2. The molecule has 122 valence electrons. The lowest BCUT2D eigenvalue weighted by atomic mass is 10.0. The number of nitrogens with one attached hydrogen (secondary N) is 1. The van der Waals surface area contributed by atoms with Crippen molar-refractivity contribution in [3.05, 3.63) is 65.4 Å². The van der Waals surface area contributed by atoms with E-state index in [4.69, 9.17) is 17.3 Å². The second-order valence-electron chi connectivity index (χ2n) is 5.46. The average Bonchev–Trinajstić information content (AvgIpc) is 2.96. The average molecular weight is 350 g/mol. The van der Waals surface area contributed by atoms with Gasteiger partial charge in [0.25, 0.3) is 0 Å². The molecule has 0 aliphatic heterocycles. The molecule has 6 nitrogen and oxygen atoms in total. The zero-order chi connectivity index (χ0) is 17.4. The highest BCUT2D eigenvalue weighted by molar-refractivity contribution is 6.30. The summed E-state index contributed by atoms with van der Waals surface area (Å²) in [5.41, 5.74) is 6.24. The first-order valence-corrected chi connectivity index (χ1v) is 7.88. The highest BCUT2D eigenvalue weighted by Crippen LogP contribution is 2.36. The number of carbonyl (C=O) groups excluding carboxylic acids is 1. The number of anilines is 1. The molecule has 2 aromatic carbocycles. The monoisotopic (exact) mass is 349 g/mol. The van der Waals surface area contributed by atoms with Crippen molar-refractivity contribution >= 4 is 50.7 Å². The molecule has 1 amide bonds. The zero-order valence-corrected chi connectivity index (χ0v) is 13.7. The predicted octanol–water partition coefficient (Wildman–Crippen LogP) is 4.88. The van der Waals surface area contributed by atoms with Gasteiger partial charge in [-0.05, 0) is 29.0 Å². The van der Waals surface area contributed by atoms with Gasteiger partial charge in [0, 0.05) is 22.0 Å². The molecular weight excluding hydrogens is 338 g/mol. The molecule has 3 N–H and O–H groups in total. The Hall–Kier alpha value is -3.25. The normalized spacial score (nSPS) is 11.6. The molecule has 0 unspecified atom stereocenters. The number of benzene rings is 2. The Bertz CT molecular complexity index is 1150. The zero-order valence-electron chi connectivity index (χ0n) is 12.9. The van der Waals surface area contributed by atoms with Gasteiger partial charge >= 0.3 is 5.91 Å². The Balaban J connectivity index is 1.77. The number of fused-ring (bicyclic) bond motifs is 3. The van der Waals surface area contributed by atoms with Gasteiger partial charge < -0.3 is 10.7 Å². The van der Waals surface area contributed by atoms with Crippen LogP contribution in [0.15, 0.2) is 65.0 Å². The van der Waals surface area contributed by atoms with E-state index in [0.717, 1.165) is 21.5 Å². The molecule has 0 aliphatic carbocycles. The van der Waals surface area contributed by atoms with Crippen LogP contribution in [-0.2, 0) is 0 Å². The summed E-state index contributed by atoms with van der Waals surface area (Å²) in [6.45, 7) is 0. The molecule has 0 radical (unpaired) electrons. The first kappa shape index (κ1) is 15.3. The van der Waals surface area contributed by atoms with Gasteiger partial charge in [-0.15, -0.1) is 10.2 Å². The van der Waals surface area contributed by atoms with Crippen LogP contribution < -0.4 is 5.73 Å². The maximum Gasteiger partial charge on any atom is 0.314 e. The molecule has 0 atom stereocenters. The van der Waals surface area contributed by atoms with E-state index in [1.165, 1.54) is 12.3 Å². The fraction of sp³-hybridized carbons (Fsp3) is 0. The van der Waals surface area contributed by atoms with E-state index in [9.17, 15) is 4.79 Å². The Kier molecular flexibility index (Phi) is 3.66. The minimum atomic E-state index is -0.579. The molecule has 0 saturated carbocycles. The quantitative estimate of drug-likeness (QED) is 0.505.